The smallest absolute Gasteiger partial charge is 0.251 e. The fourth-order valence-electron chi connectivity index (χ4n) is 3.01. The first-order valence-electron chi connectivity index (χ1n) is 7.93. The Labute approximate surface area is 126 Å². The zero-order chi connectivity index (χ0) is 14.8. The number of hydrogen-bond acceptors (Lipinski definition) is 3. The van der Waals surface area contributed by atoms with E-state index in [0.717, 1.165) is 36.9 Å². The van der Waals surface area contributed by atoms with Crippen molar-refractivity contribution in [1.82, 2.24) is 5.32 Å². The van der Waals surface area contributed by atoms with Gasteiger partial charge in [0.15, 0.2) is 0 Å². The number of carbonyl (C=O) groups is 1. The Kier molecular flexibility index (Phi) is 4.15. The fraction of sp³-hybridized carbons (Fsp3) is 0.588. The van der Waals surface area contributed by atoms with Crippen molar-refractivity contribution in [1.29, 1.82) is 0 Å². The first-order chi connectivity index (χ1) is 10.1. The van der Waals surface area contributed by atoms with Gasteiger partial charge in [0, 0.05) is 23.3 Å². The molecule has 2 N–H and O–H groups in total. The van der Waals surface area contributed by atoms with Crippen LogP contribution in [0.15, 0.2) is 24.3 Å². The predicted molar refractivity (Wildman–Crippen MR) is 83.6 cm³/mol. The molecule has 114 valence electrons. The van der Waals surface area contributed by atoms with E-state index in [1.807, 2.05) is 24.3 Å². The summed E-state index contributed by atoms with van der Waals surface area (Å²) >= 11 is 0. The lowest BCUT2D eigenvalue weighted by molar-refractivity contribution is -0.0337. The second-order valence-corrected chi connectivity index (χ2v) is 6.40. The largest absolute Gasteiger partial charge is 0.382 e. The van der Waals surface area contributed by atoms with Crippen LogP contribution in [0.3, 0.4) is 0 Å². The van der Waals surface area contributed by atoms with E-state index in [-0.39, 0.29) is 18.1 Å². The van der Waals surface area contributed by atoms with Crippen LogP contribution in [-0.4, -0.2) is 30.2 Å². The van der Waals surface area contributed by atoms with E-state index in [4.69, 9.17) is 4.74 Å². The predicted octanol–water partition coefficient (Wildman–Crippen LogP) is 2.95. The molecule has 2 atom stereocenters. The maximum atomic E-state index is 12.1. The standard InChI is InChI=1S/C17H24N2O2/c1-11-8-16(9-12(2)21-11)18-15-5-3-4-13(10-15)17(20)19-14-6-7-14/h3-5,10-12,14,16,18H,6-9H2,1-2H3,(H,19,20). The highest BCUT2D eigenvalue weighted by atomic mass is 16.5. The molecule has 0 spiro atoms. The summed E-state index contributed by atoms with van der Waals surface area (Å²) in [6.07, 6.45) is 4.80. The van der Waals surface area contributed by atoms with Gasteiger partial charge in [-0.15, -0.1) is 0 Å². The van der Waals surface area contributed by atoms with Gasteiger partial charge in [-0.25, -0.2) is 0 Å². The molecule has 4 heteroatoms. The zero-order valence-corrected chi connectivity index (χ0v) is 12.8. The Hall–Kier alpha value is -1.55. The molecular weight excluding hydrogens is 264 g/mol. The molecule has 1 aromatic carbocycles. The number of carbonyl (C=O) groups excluding carboxylic acids is 1. The number of ether oxygens (including phenoxy) is 1. The number of hydrogen-bond donors (Lipinski definition) is 2. The van der Waals surface area contributed by atoms with Gasteiger partial charge in [0.2, 0.25) is 0 Å². The third kappa shape index (κ3) is 3.97. The second kappa shape index (κ2) is 6.06. The van der Waals surface area contributed by atoms with Crippen molar-refractivity contribution in [3.8, 4) is 0 Å². The van der Waals surface area contributed by atoms with E-state index in [1.54, 1.807) is 0 Å². The third-order valence-corrected chi connectivity index (χ3v) is 4.11. The molecule has 3 rings (SSSR count). The maximum absolute atomic E-state index is 12.1. The number of rotatable bonds is 4. The Morgan fingerprint density at radius 3 is 2.52 bits per heavy atom. The highest BCUT2D eigenvalue weighted by molar-refractivity contribution is 5.95. The van der Waals surface area contributed by atoms with Crippen molar-refractivity contribution in [2.24, 2.45) is 0 Å². The van der Waals surface area contributed by atoms with Gasteiger partial charge >= 0.3 is 0 Å². The molecule has 2 aliphatic rings. The van der Waals surface area contributed by atoms with Gasteiger partial charge in [-0.2, -0.15) is 0 Å². The van der Waals surface area contributed by atoms with Crippen molar-refractivity contribution in [3.63, 3.8) is 0 Å². The Bertz CT molecular complexity index is 503. The van der Waals surface area contributed by atoms with E-state index in [0.29, 0.717) is 12.1 Å². The number of benzene rings is 1. The summed E-state index contributed by atoms with van der Waals surface area (Å²) in [5.74, 6) is 0.0369. The van der Waals surface area contributed by atoms with Crippen molar-refractivity contribution in [2.45, 2.75) is 63.8 Å². The topological polar surface area (TPSA) is 50.4 Å². The van der Waals surface area contributed by atoms with Crippen molar-refractivity contribution >= 4 is 11.6 Å². The molecule has 2 fully saturated rings. The first-order valence-corrected chi connectivity index (χ1v) is 7.93. The van der Waals surface area contributed by atoms with E-state index < -0.39 is 0 Å². The van der Waals surface area contributed by atoms with Gasteiger partial charge in [0.1, 0.15) is 0 Å². The average molecular weight is 288 g/mol. The molecule has 1 saturated heterocycles. The zero-order valence-electron chi connectivity index (χ0n) is 12.8. The Morgan fingerprint density at radius 1 is 1.14 bits per heavy atom. The Balaban J connectivity index is 1.63. The molecule has 1 amide bonds. The number of anilines is 1. The molecule has 0 bridgehead atoms. The minimum atomic E-state index is 0.0369. The van der Waals surface area contributed by atoms with Crippen LogP contribution in [0.2, 0.25) is 0 Å². The van der Waals surface area contributed by atoms with Crippen LogP contribution < -0.4 is 10.6 Å². The molecule has 1 aliphatic carbocycles. The summed E-state index contributed by atoms with van der Waals surface area (Å²) in [6.45, 7) is 4.23. The van der Waals surface area contributed by atoms with Crippen LogP contribution >= 0.6 is 0 Å². The van der Waals surface area contributed by atoms with Gasteiger partial charge < -0.3 is 15.4 Å². The summed E-state index contributed by atoms with van der Waals surface area (Å²) < 4.78 is 5.76. The van der Waals surface area contributed by atoms with Crippen LogP contribution in [0, 0.1) is 0 Å². The average Bonchev–Trinajstić information content (AvgIpc) is 3.21. The molecule has 4 nitrogen and oxygen atoms in total. The monoisotopic (exact) mass is 288 g/mol. The van der Waals surface area contributed by atoms with Crippen molar-refractivity contribution in [2.75, 3.05) is 5.32 Å². The molecule has 1 aromatic rings. The van der Waals surface area contributed by atoms with Crippen LogP contribution in [-0.2, 0) is 4.74 Å². The number of nitrogens with one attached hydrogen (secondary N) is 2. The number of amides is 1. The normalized spacial score (nSPS) is 29.0. The highest BCUT2D eigenvalue weighted by Crippen LogP contribution is 2.24. The summed E-state index contributed by atoms with van der Waals surface area (Å²) in [6, 6.07) is 8.59. The van der Waals surface area contributed by atoms with E-state index >= 15 is 0 Å². The molecule has 1 saturated carbocycles. The van der Waals surface area contributed by atoms with Crippen LogP contribution in [0.1, 0.15) is 49.9 Å². The van der Waals surface area contributed by atoms with E-state index in [9.17, 15) is 4.79 Å². The van der Waals surface area contributed by atoms with Gasteiger partial charge in [0.05, 0.1) is 12.2 Å². The molecule has 1 aliphatic heterocycles. The minimum Gasteiger partial charge on any atom is -0.382 e. The summed E-state index contributed by atoms with van der Waals surface area (Å²) in [4.78, 5) is 12.1. The quantitative estimate of drug-likeness (QED) is 0.895. The summed E-state index contributed by atoms with van der Waals surface area (Å²) in [5, 5.41) is 6.57. The lowest BCUT2D eigenvalue weighted by atomic mass is 9.99. The van der Waals surface area contributed by atoms with Crippen molar-refractivity contribution < 1.29 is 9.53 Å². The lowest BCUT2D eigenvalue weighted by Gasteiger charge is -2.33. The first kappa shape index (κ1) is 14.4. The third-order valence-electron chi connectivity index (χ3n) is 4.11. The van der Waals surface area contributed by atoms with Crippen LogP contribution in [0.4, 0.5) is 5.69 Å². The lowest BCUT2D eigenvalue weighted by Crippen LogP contribution is -2.36. The van der Waals surface area contributed by atoms with Gasteiger partial charge in [-0.3, -0.25) is 4.79 Å². The molecule has 2 unspecified atom stereocenters. The molecule has 0 radical (unpaired) electrons. The maximum Gasteiger partial charge on any atom is 0.251 e. The highest BCUT2D eigenvalue weighted by Gasteiger charge is 2.25. The summed E-state index contributed by atoms with van der Waals surface area (Å²) in [5.41, 5.74) is 1.75. The second-order valence-electron chi connectivity index (χ2n) is 6.40. The van der Waals surface area contributed by atoms with E-state index in [1.165, 1.54) is 0 Å². The Morgan fingerprint density at radius 2 is 1.86 bits per heavy atom. The van der Waals surface area contributed by atoms with Gasteiger partial charge in [0.25, 0.3) is 5.91 Å². The SMILES string of the molecule is CC1CC(Nc2cccc(C(=O)NC3CC3)c2)CC(C)O1. The van der Waals surface area contributed by atoms with Gasteiger partial charge in [-0.1, -0.05) is 6.07 Å². The van der Waals surface area contributed by atoms with Crippen molar-refractivity contribution in [3.05, 3.63) is 29.8 Å². The van der Waals surface area contributed by atoms with E-state index in [2.05, 4.69) is 24.5 Å². The molecule has 21 heavy (non-hydrogen) atoms. The molecular formula is C17H24N2O2. The minimum absolute atomic E-state index is 0.0369. The fourth-order valence-corrected chi connectivity index (χ4v) is 3.01. The molecule has 0 aromatic heterocycles. The summed E-state index contributed by atoms with van der Waals surface area (Å²) in [7, 11) is 0. The molecule has 1 heterocycles. The van der Waals surface area contributed by atoms with Crippen LogP contribution in [0.5, 0.6) is 0 Å². The van der Waals surface area contributed by atoms with Crippen LogP contribution in [0.25, 0.3) is 0 Å². The van der Waals surface area contributed by atoms with Gasteiger partial charge in [-0.05, 0) is 57.7 Å².